The van der Waals surface area contributed by atoms with Crippen LogP contribution in [0.5, 0.6) is 0 Å². The van der Waals surface area contributed by atoms with Crippen LogP contribution in [0.25, 0.3) is 5.70 Å². The molecule has 1 unspecified atom stereocenters. The smallest absolute Gasteiger partial charge is 0.352 e. The van der Waals surface area contributed by atoms with Gasteiger partial charge in [0.15, 0.2) is 0 Å². The van der Waals surface area contributed by atoms with Crippen molar-refractivity contribution in [1.82, 2.24) is 9.88 Å². The van der Waals surface area contributed by atoms with E-state index in [2.05, 4.69) is 11.6 Å². The van der Waals surface area contributed by atoms with Gasteiger partial charge in [0.1, 0.15) is 5.69 Å². The Balaban J connectivity index is 3.17. The van der Waals surface area contributed by atoms with Crippen LogP contribution < -0.4 is 0 Å². The number of ether oxygens (including phenoxy) is 1. The van der Waals surface area contributed by atoms with Crippen LogP contribution in [0, 0.1) is 6.92 Å². The number of carboxylic acids is 1. The molecule has 0 saturated heterocycles. The van der Waals surface area contributed by atoms with Crippen molar-refractivity contribution in [2.24, 2.45) is 0 Å². The monoisotopic (exact) mass is 280 g/mol. The summed E-state index contributed by atoms with van der Waals surface area (Å²) < 4.78 is 5.25. The summed E-state index contributed by atoms with van der Waals surface area (Å²) >= 11 is 0. The van der Waals surface area contributed by atoms with Gasteiger partial charge in [-0.25, -0.2) is 4.79 Å². The third-order valence-electron chi connectivity index (χ3n) is 3.62. The minimum atomic E-state index is -0.943. The summed E-state index contributed by atoms with van der Waals surface area (Å²) in [5.74, 6) is -0.943. The van der Waals surface area contributed by atoms with E-state index in [1.54, 1.807) is 7.11 Å². The summed E-state index contributed by atoms with van der Waals surface area (Å²) in [7, 11) is 5.46. The molecule has 5 nitrogen and oxygen atoms in total. The molecule has 1 aromatic heterocycles. The van der Waals surface area contributed by atoms with Crippen molar-refractivity contribution < 1.29 is 14.6 Å². The van der Waals surface area contributed by atoms with Crippen LogP contribution in [-0.2, 0) is 11.2 Å². The molecule has 0 fully saturated rings. The van der Waals surface area contributed by atoms with Crippen LogP contribution in [-0.4, -0.2) is 48.3 Å². The fourth-order valence-electron chi connectivity index (χ4n) is 2.09. The summed E-state index contributed by atoms with van der Waals surface area (Å²) in [5, 5.41) is 9.25. The number of carbonyl (C=O) groups is 1. The van der Waals surface area contributed by atoms with Gasteiger partial charge in [-0.3, -0.25) is 0 Å². The molecule has 1 heterocycles. The Morgan fingerprint density at radius 1 is 1.45 bits per heavy atom. The van der Waals surface area contributed by atoms with Gasteiger partial charge in [-0.15, -0.1) is 0 Å². The average molecular weight is 280 g/mol. The number of carboxylic acid groups (broad SMARTS) is 1. The maximum absolute atomic E-state index is 11.3. The molecular weight excluding hydrogens is 256 g/mol. The molecule has 1 aromatic rings. The lowest BCUT2D eigenvalue weighted by Crippen LogP contribution is -2.12. The molecular formula is C15H24N2O3. The van der Waals surface area contributed by atoms with E-state index in [0.29, 0.717) is 0 Å². The molecule has 5 heteroatoms. The number of nitrogens with one attached hydrogen (secondary N) is 1. The predicted octanol–water partition coefficient (Wildman–Crippen LogP) is 2.52. The van der Waals surface area contributed by atoms with Gasteiger partial charge in [0.25, 0.3) is 0 Å². The van der Waals surface area contributed by atoms with Crippen LogP contribution in [0.1, 0.15) is 40.7 Å². The fraction of sp³-hybridized carbons (Fsp3) is 0.533. The number of aromatic carboxylic acids is 1. The van der Waals surface area contributed by atoms with Gasteiger partial charge >= 0.3 is 5.97 Å². The van der Waals surface area contributed by atoms with Crippen LogP contribution in [0.3, 0.4) is 0 Å². The first-order chi connectivity index (χ1) is 9.29. The molecule has 0 aromatic carbocycles. The SMILES string of the molecule is C=C(c1[nH]c(C(=O)O)c(C)c1CCC(C)OC)N(C)C. The van der Waals surface area contributed by atoms with Crippen molar-refractivity contribution in [2.75, 3.05) is 21.2 Å². The van der Waals surface area contributed by atoms with Gasteiger partial charge in [0, 0.05) is 21.2 Å². The molecule has 0 aliphatic rings. The number of nitrogens with zero attached hydrogens (tertiary/aromatic N) is 1. The van der Waals surface area contributed by atoms with Gasteiger partial charge in [0.05, 0.1) is 17.5 Å². The van der Waals surface area contributed by atoms with Crippen molar-refractivity contribution in [2.45, 2.75) is 32.8 Å². The molecule has 0 aliphatic heterocycles. The lowest BCUT2D eigenvalue weighted by molar-refractivity contribution is 0.0690. The van der Waals surface area contributed by atoms with Crippen molar-refractivity contribution in [3.63, 3.8) is 0 Å². The first-order valence-corrected chi connectivity index (χ1v) is 6.63. The number of rotatable bonds is 7. The van der Waals surface area contributed by atoms with Crippen molar-refractivity contribution in [3.8, 4) is 0 Å². The van der Waals surface area contributed by atoms with Crippen LogP contribution in [0.15, 0.2) is 6.58 Å². The summed E-state index contributed by atoms with van der Waals surface area (Å²) in [6, 6.07) is 0. The second-order valence-electron chi connectivity index (χ2n) is 5.21. The summed E-state index contributed by atoms with van der Waals surface area (Å²) in [4.78, 5) is 16.1. The summed E-state index contributed by atoms with van der Waals surface area (Å²) in [6.45, 7) is 7.85. The highest BCUT2D eigenvalue weighted by molar-refractivity contribution is 5.89. The number of aromatic amines is 1. The maximum atomic E-state index is 11.3. The molecule has 20 heavy (non-hydrogen) atoms. The molecule has 0 spiro atoms. The molecule has 112 valence electrons. The molecule has 1 atom stereocenters. The third-order valence-corrected chi connectivity index (χ3v) is 3.62. The highest BCUT2D eigenvalue weighted by Gasteiger charge is 2.21. The normalized spacial score (nSPS) is 12.2. The van der Waals surface area contributed by atoms with E-state index in [4.69, 9.17) is 4.74 Å². The largest absolute Gasteiger partial charge is 0.477 e. The Labute approximate surface area is 120 Å². The van der Waals surface area contributed by atoms with Crippen molar-refractivity contribution in [1.29, 1.82) is 0 Å². The topological polar surface area (TPSA) is 65.6 Å². The van der Waals surface area contributed by atoms with Gasteiger partial charge in [-0.2, -0.15) is 0 Å². The Hall–Kier alpha value is -1.75. The maximum Gasteiger partial charge on any atom is 0.352 e. The third kappa shape index (κ3) is 3.42. The zero-order chi connectivity index (χ0) is 15.4. The van der Waals surface area contributed by atoms with Crippen LogP contribution >= 0.6 is 0 Å². The first-order valence-electron chi connectivity index (χ1n) is 6.63. The van der Waals surface area contributed by atoms with Gasteiger partial charge < -0.3 is 19.7 Å². The van der Waals surface area contributed by atoms with Gasteiger partial charge in [-0.05, 0) is 37.8 Å². The number of H-pyrrole nitrogens is 1. The molecule has 0 aliphatic carbocycles. The minimum absolute atomic E-state index is 0.137. The molecule has 0 bridgehead atoms. The Morgan fingerprint density at radius 3 is 2.50 bits per heavy atom. The van der Waals surface area contributed by atoms with Crippen LogP contribution in [0.4, 0.5) is 0 Å². The van der Waals surface area contributed by atoms with E-state index in [-0.39, 0.29) is 11.8 Å². The lowest BCUT2D eigenvalue weighted by atomic mass is 10.0. The summed E-state index contributed by atoms with van der Waals surface area (Å²) in [6.07, 6.45) is 1.73. The number of methoxy groups -OCH3 is 1. The zero-order valence-corrected chi connectivity index (χ0v) is 12.9. The molecule has 1 rings (SSSR count). The predicted molar refractivity (Wildman–Crippen MR) is 80.0 cm³/mol. The van der Waals surface area contributed by atoms with E-state index in [0.717, 1.165) is 35.4 Å². The number of aromatic nitrogens is 1. The lowest BCUT2D eigenvalue weighted by Gasteiger charge is -2.17. The highest BCUT2D eigenvalue weighted by atomic mass is 16.5. The standard InChI is InChI=1S/C15H24N2O3/c1-9(20-6)7-8-12-10(2)13(15(18)19)16-14(12)11(3)17(4)5/h9,16H,3,7-8H2,1-2,4-6H3,(H,18,19). The first kappa shape index (κ1) is 16.3. The van der Waals surface area contributed by atoms with E-state index < -0.39 is 5.97 Å². The molecule has 2 N–H and O–H groups in total. The Bertz CT molecular complexity index is 503. The Morgan fingerprint density at radius 2 is 2.05 bits per heavy atom. The second-order valence-corrected chi connectivity index (χ2v) is 5.21. The zero-order valence-electron chi connectivity index (χ0n) is 12.9. The van der Waals surface area contributed by atoms with Gasteiger partial charge in [-0.1, -0.05) is 6.58 Å². The van der Waals surface area contributed by atoms with E-state index in [1.165, 1.54) is 0 Å². The molecule has 0 radical (unpaired) electrons. The van der Waals surface area contributed by atoms with Crippen molar-refractivity contribution in [3.05, 3.63) is 29.1 Å². The van der Waals surface area contributed by atoms with Crippen molar-refractivity contribution >= 4 is 11.7 Å². The summed E-state index contributed by atoms with van der Waals surface area (Å²) in [5.41, 5.74) is 3.60. The van der Waals surface area contributed by atoms with E-state index in [1.807, 2.05) is 32.8 Å². The fourth-order valence-corrected chi connectivity index (χ4v) is 2.09. The average Bonchev–Trinajstić information content (AvgIpc) is 2.72. The number of hydrogen-bond donors (Lipinski definition) is 2. The minimum Gasteiger partial charge on any atom is -0.477 e. The number of hydrogen-bond acceptors (Lipinski definition) is 3. The highest BCUT2D eigenvalue weighted by Crippen LogP contribution is 2.26. The Kier molecular flexibility index (Phi) is 5.39. The van der Waals surface area contributed by atoms with E-state index >= 15 is 0 Å². The van der Waals surface area contributed by atoms with Crippen LogP contribution in [0.2, 0.25) is 0 Å². The van der Waals surface area contributed by atoms with E-state index in [9.17, 15) is 9.90 Å². The quantitative estimate of drug-likeness (QED) is 0.805. The molecule has 0 saturated carbocycles. The second kappa shape index (κ2) is 6.61. The van der Waals surface area contributed by atoms with Gasteiger partial charge in [0.2, 0.25) is 0 Å². The molecule has 0 amide bonds.